The Bertz CT molecular complexity index is 928. The molecule has 2 aromatic rings. The number of nitro groups is 1. The molecule has 1 amide bonds. The molecule has 0 unspecified atom stereocenters. The highest BCUT2D eigenvalue weighted by molar-refractivity contribution is 14.1. The number of phenols is 1. The van der Waals surface area contributed by atoms with Crippen LogP contribution < -0.4 is 4.90 Å². The lowest BCUT2D eigenvalue weighted by atomic mass is 10.2. The maximum absolute atomic E-state index is 12.7. The predicted octanol–water partition coefficient (Wildman–Crippen LogP) is 4.31. The van der Waals surface area contributed by atoms with Gasteiger partial charge in [-0.2, -0.15) is 0 Å². The quantitative estimate of drug-likeness (QED) is 0.230. The third-order valence-electron chi connectivity index (χ3n) is 3.39. The molecular formula is C16H9IN2O4S2. The van der Waals surface area contributed by atoms with Gasteiger partial charge >= 0.3 is 0 Å². The summed E-state index contributed by atoms with van der Waals surface area (Å²) < 4.78 is 1.25. The van der Waals surface area contributed by atoms with Crippen molar-refractivity contribution < 1.29 is 14.8 Å². The summed E-state index contributed by atoms with van der Waals surface area (Å²) in [7, 11) is 0. The molecule has 3 rings (SSSR count). The molecule has 1 saturated heterocycles. The first kappa shape index (κ1) is 17.8. The first-order valence-electron chi connectivity index (χ1n) is 6.88. The topological polar surface area (TPSA) is 83.7 Å². The van der Waals surface area contributed by atoms with E-state index in [1.165, 1.54) is 29.2 Å². The summed E-state index contributed by atoms with van der Waals surface area (Å²) in [5.74, 6) is -0.261. The van der Waals surface area contributed by atoms with Crippen LogP contribution in [0.1, 0.15) is 5.56 Å². The lowest BCUT2D eigenvalue weighted by molar-refractivity contribution is -0.384. The van der Waals surface area contributed by atoms with Crippen LogP contribution in [0.5, 0.6) is 5.75 Å². The molecule has 126 valence electrons. The van der Waals surface area contributed by atoms with E-state index in [9.17, 15) is 20.0 Å². The summed E-state index contributed by atoms with van der Waals surface area (Å²) >= 11 is 8.50. The Labute approximate surface area is 165 Å². The van der Waals surface area contributed by atoms with Crippen molar-refractivity contribution in [2.75, 3.05) is 4.90 Å². The Hall–Kier alpha value is -1.98. The van der Waals surface area contributed by atoms with Crippen molar-refractivity contribution in [3.8, 4) is 5.75 Å². The number of aromatic hydroxyl groups is 1. The second kappa shape index (κ2) is 7.10. The van der Waals surface area contributed by atoms with E-state index in [4.69, 9.17) is 12.2 Å². The van der Waals surface area contributed by atoms with Gasteiger partial charge < -0.3 is 5.11 Å². The number of nitrogens with zero attached hydrogens (tertiary/aromatic N) is 2. The van der Waals surface area contributed by atoms with Gasteiger partial charge in [-0.15, -0.1) is 0 Å². The van der Waals surface area contributed by atoms with E-state index in [2.05, 4.69) is 22.6 Å². The molecule has 0 saturated carbocycles. The normalized spacial score (nSPS) is 15.9. The number of rotatable bonds is 3. The Kier molecular flexibility index (Phi) is 5.06. The van der Waals surface area contributed by atoms with Gasteiger partial charge in [0, 0.05) is 21.3 Å². The average molecular weight is 484 g/mol. The van der Waals surface area contributed by atoms with Gasteiger partial charge in [-0.05, 0) is 59.0 Å². The van der Waals surface area contributed by atoms with Crippen LogP contribution in [0, 0.1) is 13.7 Å². The summed E-state index contributed by atoms with van der Waals surface area (Å²) in [6.45, 7) is 0. The molecule has 1 aliphatic rings. The van der Waals surface area contributed by atoms with Gasteiger partial charge in [-0.1, -0.05) is 24.0 Å². The highest BCUT2D eigenvalue weighted by Gasteiger charge is 2.33. The van der Waals surface area contributed by atoms with Gasteiger partial charge in [0.05, 0.1) is 15.5 Å². The molecule has 0 radical (unpaired) electrons. The number of hydrogen-bond donors (Lipinski definition) is 1. The zero-order valence-corrected chi connectivity index (χ0v) is 16.2. The van der Waals surface area contributed by atoms with E-state index in [0.29, 0.717) is 20.5 Å². The predicted molar refractivity (Wildman–Crippen MR) is 110 cm³/mol. The molecule has 1 aliphatic heterocycles. The smallest absolute Gasteiger partial charge is 0.270 e. The van der Waals surface area contributed by atoms with Crippen LogP contribution >= 0.6 is 46.6 Å². The Morgan fingerprint density at radius 2 is 1.92 bits per heavy atom. The standard InChI is InChI=1S/C16H9IN2O4S2/c17-10-1-6-13(20)9(7-10)8-14-15(21)18(16(24)25-14)11-2-4-12(5-3-11)19(22)23/h1-8,20H/b14-8+. The highest BCUT2D eigenvalue weighted by atomic mass is 127. The molecule has 25 heavy (non-hydrogen) atoms. The lowest BCUT2D eigenvalue weighted by Crippen LogP contribution is -2.27. The Morgan fingerprint density at radius 1 is 1.24 bits per heavy atom. The molecule has 9 heteroatoms. The lowest BCUT2D eigenvalue weighted by Gasteiger charge is -2.13. The highest BCUT2D eigenvalue weighted by Crippen LogP contribution is 2.37. The number of halogens is 1. The summed E-state index contributed by atoms with van der Waals surface area (Å²) in [6, 6.07) is 10.7. The van der Waals surface area contributed by atoms with Crippen molar-refractivity contribution in [1.29, 1.82) is 0 Å². The van der Waals surface area contributed by atoms with E-state index in [1.54, 1.807) is 24.3 Å². The Morgan fingerprint density at radius 3 is 2.56 bits per heavy atom. The number of amides is 1. The number of thiocarbonyl (C=S) groups is 1. The number of hydrogen-bond acceptors (Lipinski definition) is 6. The molecule has 2 aromatic carbocycles. The van der Waals surface area contributed by atoms with Crippen molar-refractivity contribution in [2.24, 2.45) is 0 Å². The average Bonchev–Trinajstić information content (AvgIpc) is 2.85. The van der Waals surface area contributed by atoms with Crippen LogP contribution in [0.3, 0.4) is 0 Å². The number of anilines is 1. The SMILES string of the molecule is O=C1/C(=C\c2cc(I)ccc2O)SC(=S)N1c1ccc([N+](=O)[O-])cc1. The summed E-state index contributed by atoms with van der Waals surface area (Å²) in [6.07, 6.45) is 1.59. The van der Waals surface area contributed by atoms with Crippen LogP contribution in [0.25, 0.3) is 6.08 Å². The van der Waals surface area contributed by atoms with Crippen molar-refractivity contribution in [1.82, 2.24) is 0 Å². The largest absolute Gasteiger partial charge is 0.507 e. The minimum atomic E-state index is -0.506. The molecule has 0 spiro atoms. The van der Waals surface area contributed by atoms with Crippen LogP contribution in [0.4, 0.5) is 11.4 Å². The van der Waals surface area contributed by atoms with Crippen LogP contribution in [0.2, 0.25) is 0 Å². The van der Waals surface area contributed by atoms with E-state index in [0.717, 1.165) is 15.3 Å². The van der Waals surface area contributed by atoms with Crippen molar-refractivity contribution in [2.45, 2.75) is 0 Å². The first-order valence-corrected chi connectivity index (χ1v) is 9.18. The monoisotopic (exact) mass is 484 g/mol. The van der Waals surface area contributed by atoms with Crippen molar-refractivity contribution in [3.63, 3.8) is 0 Å². The fourth-order valence-corrected chi connectivity index (χ4v) is 4.00. The van der Waals surface area contributed by atoms with Gasteiger partial charge in [-0.25, -0.2) is 0 Å². The van der Waals surface area contributed by atoms with Crippen molar-refractivity contribution >= 4 is 74.2 Å². The number of nitro benzene ring substituents is 1. The molecule has 0 aliphatic carbocycles. The van der Waals surface area contributed by atoms with E-state index >= 15 is 0 Å². The summed E-state index contributed by atoms with van der Waals surface area (Å²) in [5, 5.41) is 20.7. The number of non-ortho nitro benzene ring substituents is 1. The zero-order valence-electron chi connectivity index (χ0n) is 12.4. The molecule has 0 bridgehead atoms. The van der Waals surface area contributed by atoms with E-state index in [-0.39, 0.29) is 17.3 Å². The molecule has 1 heterocycles. The van der Waals surface area contributed by atoms with Crippen LogP contribution in [-0.2, 0) is 4.79 Å². The molecule has 0 atom stereocenters. The van der Waals surface area contributed by atoms with Gasteiger partial charge in [0.25, 0.3) is 11.6 Å². The number of thioether (sulfide) groups is 1. The maximum Gasteiger partial charge on any atom is 0.270 e. The second-order valence-corrected chi connectivity index (χ2v) is 7.92. The zero-order chi connectivity index (χ0) is 18.1. The molecule has 6 nitrogen and oxygen atoms in total. The molecule has 1 fully saturated rings. The third kappa shape index (κ3) is 3.67. The number of carbonyl (C=O) groups excluding carboxylic acids is 1. The minimum Gasteiger partial charge on any atom is -0.507 e. The first-order chi connectivity index (χ1) is 11.9. The van der Waals surface area contributed by atoms with Gasteiger partial charge in [0.2, 0.25) is 0 Å². The third-order valence-corrected chi connectivity index (χ3v) is 5.36. The molecular weight excluding hydrogens is 475 g/mol. The molecule has 0 aromatic heterocycles. The van der Waals surface area contributed by atoms with Crippen molar-refractivity contribution in [3.05, 3.63) is 66.6 Å². The van der Waals surface area contributed by atoms with E-state index < -0.39 is 4.92 Å². The fraction of sp³-hybridized carbons (Fsp3) is 0. The van der Waals surface area contributed by atoms with Gasteiger partial charge in [0.15, 0.2) is 4.32 Å². The maximum atomic E-state index is 12.7. The number of carbonyl (C=O) groups is 1. The Balaban J connectivity index is 1.93. The van der Waals surface area contributed by atoms with E-state index in [1.807, 2.05) is 0 Å². The van der Waals surface area contributed by atoms with Crippen LogP contribution in [-0.4, -0.2) is 20.3 Å². The molecule has 1 N–H and O–H groups in total. The fourth-order valence-electron chi connectivity index (χ4n) is 2.20. The minimum absolute atomic E-state index is 0.0616. The number of benzene rings is 2. The van der Waals surface area contributed by atoms with Crippen LogP contribution in [0.15, 0.2) is 47.4 Å². The summed E-state index contributed by atoms with van der Waals surface area (Å²) in [5.41, 5.74) is 0.924. The van der Waals surface area contributed by atoms with Gasteiger partial charge in [0.1, 0.15) is 5.75 Å². The number of phenolic OH excluding ortho intramolecular Hbond substituents is 1. The second-order valence-electron chi connectivity index (χ2n) is 4.99. The summed E-state index contributed by atoms with van der Waals surface area (Å²) in [4.78, 5) is 24.6. The van der Waals surface area contributed by atoms with Gasteiger partial charge in [-0.3, -0.25) is 19.8 Å².